The zero-order valence-electron chi connectivity index (χ0n) is 12.4. The normalized spacial score (nSPS) is 15.3. The second-order valence-electron chi connectivity index (χ2n) is 5.10. The molecule has 0 aromatic heterocycles. The van der Waals surface area contributed by atoms with Crippen molar-refractivity contribution in [2.45, 2.75) is 52.2 Å². The third kappa shape index (κ3) is 4.92. The minimum absolute atomic E-state index is 0.00354. The standard InChI is InChI=1S/C16H24N2O/c1-5-14-7-9-15(10-8-14)19-13(3)11-16(4,12-17)18-6-2/h7-10,13,18H,5-6,11H2,1-4H3. The molecule has 0 aliphatic heterocycles. The first kappa shape index (κ1) is 15.5. The molecule has 0 radical (unpaired) electrons. The maximum absolute atomic E-state index is 9.23. The molecule has 19 heavy (non-hydrogen) atoms. The lowest BCUT2D eigenvalue weighted by molar-refractivity contribution is 0.180. The second kappa shape index (κ2) is 7.16. The zero-order valence-corrected chi connectivity index (χ0v) is 12.4. The number of rotatable bonds is 7. The average molecular weight is 260 g/mol. The first-order chi connectivity index (χ1) is 9.03. The third-order valence-electron chi connectivity index (χ3n) is 3.18. The fourth-order valence-electron chi connectivity index (χ4n) is 2.20. The number of benzene rings is 1. The summed E-state index contributed by atoms with van der Waals surface area (Å²) in [5.41, 5.74) is 0.770. The Hall–Kier alpha value is -1.53. The van der Waals surface area contributed by atoms with Gasteiger partial charge in [0.2, 0.25) is 0 Å². The maximum atomic E-state index is 9.23. The van der Waals surface area contributed by atoms with Crippen LogP contribution in [-0.2, 0) is 6.42 Å². The quantitative estimate of drug-likeness (QED) is 0.818. The van der Waals surface area contributed by atoms with Crippen LogP contribution in [0.3, 0.4) is 0 Å². The van der Waals surface area contributed by atoms with Crippen LogP contribution < -0.4 is 10.1 Å². The molecule has 0 heterocycles. The van der Waals surface area contributed by atoms with Gasteiger partial charge in [-0.2, -0.15) is 5.26 Å². The topological polar surface area (TPSA) is 45.0 Å². The molecule has 0 bridgehead atoms. The van der Waals surface area contributed by atoms with E-state index >= 15 is 0 Å². The van der Waals surface area contributed by atoms with Gasteiger partial charge in [-0.1, -0.05) is 26.0 Å². The summed E-state index contributed by atoms with van der Waals surface area (Å²) in [5.74, 6) is 0.862. The predicted molar refractivity (Wildman–Crippen MR) is 78.2 cm³/mol. The molecule has 0 saturated carbocycles. The molecular weight excluding hydrogens is 236 g/mol. The van der Waals surface area contributed by atoms with E-state index in [-0.39, 0.29) is 6.10 Å². The van der Waals surface area contributed by atoms with E-state index < -0.39 is 5.54 Å². The van der Waals surface area contributed by atoms with Gasteiger partial charge in [-0.3, -0.25) is 5.32 Å². The van der Waals surface area contributed by atoms with Gasteiger partial charge in [-0.15, -0.1) is 0 Å². The molecule has 3 heteroatoms. The van der Waals surface area contributed by atoms with E-state index in [1.807, 2.05) is 32.9 Å². The molecule has 1 N–H and O–H groups in total. The molecule has 3 nitrogen and oxygen atoms in total. The lowest BCUT2D eigenvalue weighted by Crippen LogP contribution is -2.44. The van der Waals surface area contributed by atoms with Crippen molar-refractivity contribution in [1.29, 1.82) is 5.26 Å². The van der Waals surface area contributed by atoms with E-state index in [0.717, 1.165) is 18.7 Å². The van der Waals surface area contributed by atoms with Gasteiger partial charge in [0.15, 0.2) is 0 Å². The number of ether oxygens (including phenoxy) is 1. The fourth-order valence-corrected chi connectivity index (χ4v) is 2.20. The molecule has 0 aliphatic rings. The molecule has 2 atom stereocenters. The Bertz CT molecular complexity index is 421. The predicted octanol–water partition coefficient (Wildman–Crippen LogP) is 3.30. The van der Waals surface area contributed by atoms with Crippen LogP contribution in [0, 0.1) is 11.3 Å². The SMILES string of the molecule is CCNC(C)(C#N)CC(C)Oc1ccc(CC)cc1. The van der Waals surface area contributed by atoms with Gasteiger partial charge in [0.25, 0.3) is 0 Å². The van der Waals surface area contributed by atoms with Crippen molar-refractivity contribution in [3.8, 4) is 11.8 Å². The first-order valence-corrected chi connectivity index (χ1v) is 6.95. The van der Waals surface area contributed by atoms with Crippen LogP contribution in [0.15, 0.2) is 24.3 Å². The Labute approximate surface area is 116 Å². The highest BCUT2D eigenvalue weighted by Gasteiger charge is 2.25. The van der Waals surface area contributed by atoms with Crippen LogP contribution in [0.2, 0.25) is 0 Å². The Morgan fingerprint density at radius 1 is 1.32 bits per heavy atom. The molecule has 1 aromatic rings. The Kier molecular flexibility index (Phi) is 5.85. The molecule has 1 aromatic carbocycles. The van der Waals surface area contributed by atoms with Gasteiger partial charge in [0.05, 0.1) is 12.2 Å². The monoisotopic (exact) mass is 260 g/mol. The third-order valence-corrected chi connectivity index (χ3v) is 3.18. The summed E-state index contributed by atoms with van der Waals surface area (Å²) in [7, 11) is 0. The number of nitrogens with zero attached hydrogens (tertiary/aromatic N) is 1. The van der Waals surface area contributed by atoms with E-state index in [9.17, 15) is 5.26 Å². The number of nitrogens with one attached hydrogen (secondary N) is 1. The Morgan fingerprint density at radius 3 is 2.42 bits per heavy atom. The summed E-state index contributed by atoms with van der Waals surface area (Å²) in [6.45, 7) is 8.83. The largest absolute Gasteiger partial charge is 0.491 e. The minimum atomic E-state index is -0.530. The lowest BCUT2D eigenvalue weighted by Gasteiger charge is -2.26. The Balaban J connectivity index is 2.59. The summed E-state index contributed by atoms with van der Waals surface area (Å²) >= 11 is 0. The summed E-state index contributed by atoms with van der Waals surface area (Å²) in [6.07, 6.45) is 1.69. The number of nitriles is 1. The van der Waals surface area contributed by atoms with E-state index in [1.165, 1.54) is 5.56 Å². The highest BCUT2D eigenvalue weighted by atomic mass is 16.5. The summed E-state index contributed by atoms with van der Waals surface area (Å²) in [4.78, 5) is 0. The van der Waals surface area contributed by atoms with Gasteiger partial charge in [0.1, 0.15) is 11.3 Å². The van der Waals surface area contributed by atoms with E-state index in [0.29, 0.717) is 6.42 Å². The number of aryl methyl sites for hydroxylation is 1. The zero-order chi connectivity index (χ0) is 14.3. The van der Waals surface area contributed by atoms with Crippen molar-refractivity contribution in [2.75, 3.05) is 6.54 Å². The molecule has 104 valence electrons. The van der Waals surface area contributed by atoms with Crippen molar-refractivity contribution in [1.82, 2.24) is 5.32 Å². The summed E-state index contributed by atoms with van der Waals surface area (Å²) < 4.78 is 5.87. The second-order valence-corrected chi connectivity index (χ2v) is 5.10. The highest BCUT2D eigenvalue weighted by molar-refractivity contribution is 5.27. The van der Waals surface area contributed by atoms with Crippen molar-refractivity contribution >= 4 is 0 Å². The van der Waals surface area contributed by atoms with Gasteiger partial charge < -0.3 is 4.74 Å². The van der Waals surface area contributed by atoms with Gasteiger partial charge in [0, 0.05) is 6.42 Å². The van der Waals surface area contributed by atoms with Crippen LogP contribution in [0.25, 0.3) is 0 Å². The van der Waals surface area contributed by atoms with Crippen LogP contribution >= 0.6 is 0 Å². The maximum Gasteiger partial charge on any atom is 0.119 e. The van der Waals surface area contributed by atoms with Crippen LogP contribution in [-0.4, -0.2) is 18.2 Å². The Morgan fingerprint density at radius 2 is 1.95 bits per heavy atom. The molecule has 0 amide bonds. The van der Waals surface area contributed by atoms with Crippen molar-refractivity contribution in [3.63, 3.8) is 0 Å². The fraction of sp³-hybridized carbons (Fsp3) is 0.562. The molecule has 0 saturated heterocycles. The summed E-state index contributed by atoms with van der Waals surface area (Å²) in [5, 5.41) is 12.4. The van der Waals surface area contributed by atoms with Crippen molar-refractivity contribution in [3.05, 3.63) is 29.8 Å². The van der Waals surface area contributed by atoms with Crippen molar-refractivity contribution < 1.29 is 4.74 Å². The van der Waals surface area contributed by atoms with Crippen LogP contribution in [0.1, 0.15) is 39.7 Å². The summed E-state index contributed by atoms with van der Waals surface area (Å²) in [6, 6.07) is 10.5. The molecule has 1 rings (SSSR count). The highest BCUT2D eigenvalue weighted by Crippen LogP contribution is 2.19. The van der Waals surface area contributed by atoms with Gasteiger partial charge in [-0.05, 0) is 44.5 Å². The van der Waals surface area contributed by atoms with Gasteiger partial charge in [-0.25, -0.2) is 0 Å². The van der Waals surface area contributed by atoms with E-state index in [1.54, 1.807) is 0 Å². The van der Waals surface area contributed by atoms with E-state index in [2.05, 4.69) is 30.4 Å². The van der Waals surface area contributed by atoms with Crippen LogP contribution in [0.5, 0.6) is 5.75 Å². The smallest absolute Gasteiger partial charge is 0.119 e. The first-order valence-electron chi connectivity index (χ1n) is 6.95. The average Bonchev–Trinajstić information content (AvgIpc) is 2.39. The van der Waals surface area contributed by atoms with Gasteiger partial charge >= 0.3 is 0 Å². The molecule has 0 spiro atoms. The number of hydrogen-bond acceptors (Lipinski definition) is 3. The molecule has 0 aliphatic carbocycles. The molecule has 0 fully saturated rings. The molecular formula is C16H24N2O. The van der Waals surface area contributed by atoms with Crippen LogP contribution in [0.4, 0.5) is 0 Å². The van der Waals surface area contributed by atoms with E-state index in [4.69, 9.17) is 4.74 Å². The minimum Gasteiger partial charge on any atom is -0.491 e. The number of hydrogen-bond donors (Lipinski definition) is 1. The van der Waals surface area contributed by atoms with Crippen molar-refractivity contribution in [2.24, 2.45) is 0 Å². The molecule has 2 unspecified atom stereocenters. The lowest BCUT2D eigenvalue weighted by atomic mass is 9.96.